The molecule has 2 aliphatic rings. The first-order valence-electron chi connectivity index (χ1n) is 8.01. The number of furan rings is 1. The number of urea groups is 1. The molecule has 26 heavy (non-hydrogen) atoms. The predicted molar refractivity (Wildman–Crippen MR) is 96.4 cm³/mol. The molecule has 1 aromatic rings. The van der Waals surface area contributed by atoms with Gasteiger partial charge in [0, 0.05) is 11.5 Å². The molecule has 0 saturated carbocycles. The van der Waals surface area contributed by atoms with Crippen LogP contribution >= 0.6 is 23.5 Å². The molecule has 140 valence electrons. The lowest BCUT2D eigenvalue weighted by molar-refractivity contribution is -0.142. The Morgan fingerprint density at radius 2 is 2.08 bits per heavy atom. The molecule has 0 spiro atoms. The van der Waals surface area contributed by atoms with Gasteiger partial charge in [0.1, 0.15) is 23.0 Å². The predicted octanol–water partition coefficient (Wildman–Crippen LogP) is 1.80. The second-order valence-electron chi connectivity index (χ2n) is 5.34. The second kappa shape index (κ2) is 8.54. The van der Waals surface area contributed by atoms with E-state index in [1.807, 2.05) is 0 Å². The van der Waals surface area contributed by atoms with Crippen molar-refractivity contribution in [2.75, 3.05) is 24.7 Å². The zero-order valence-corrected chi connectivity index (χ0v) is 15.6. The van der Waals surface area contributed by atoms with Crippen molar-refractivity contribution in [2.45, 2.75) is 17.5 Å². The van der Waals surface area contributed by atoms with Gasteiger partial charge in [-0.2, -0.15) is 0 Å². The summed E-state index contributed by atoms with van der Waals surface area (Å²) >= 11 is 3.03. The van der Waals surface area contributed by atoms with Crippen LogP contribution < -0.4 is 10.6 Å². The summed E-state index contributed by atoms with van der Waals surface area (Å²) in [6.45, 7) is 1.63. The number of carbonyl (C=O) groups is 3. The number of ether oxygens (including phenoxy) is 2. The van der Waals surface area contributed by atoms with E-state index in [-0.39, 0.29) is 35.0 Å². The van der Waals surface area contributed by atoms with Gasteiger partial charge in [0.25, 0.3) is 0 Å². The monoisotopic (exact) mass is 398 g/mol. The second-order valence-corrected chi connectivity index (χ2v) is 8.07. The van der Waals surface area contributed by atoms with Crippen LogP contribution in [0.4, 0.5) is 4.79 Å². The maximum Gasteiger partial charge on any atom is 0.338 e. The van der Waals surface area contributed by atoms with E-state index < -0.39 is 18.0 Å². The lowest BCUT2D eigenvalue weighted by Crippen LogP contribution is -2.47. The van der Waals surface area contributed by atoms with E-state index in [9.17, 15) is 14.4 Å². The molecule has 3 heterocycles. The molecular weight excluding hydrogens is 380 g/mol. The van der Waals surface area contributed by atoms with Crippen LogP contribution in [0.2, 0.25) is 0 Å². The molecule has 1 saturated heterocycles. The van der Waals surface area contributed by atoms with Crippen LogP contribution in [-0.2, 0) is 19.1 Å². The number of hydrogen-bond donors (Lipinski definition) is 2. The van der Waals surface area contributed by atoms with E-state index in [1.54, 1.807) is 19.1 Å². The molecule has 2 amide bonds. The molecule has 1 unspecified atom stereocenters. The van der Waals surface area contributed by atoms with Crippen LogP contribution in [0.3, 0.4) is 0 Å². The Kier molecular flexibility index (Phi) is 6.15. The summed E-state index contributed by atoms with van der Waals surface area (Å²) in [7, 11) is 0. The average Bonchev–Trinajstić information content (AvgIpc) is 3.32. The summed E-state index contributed by atoms with van der Waals surface area (Å²) < 4.78 is 15.5. The topological polar surface area (TPSA) is 107 Å². The van der Waals surface area contributed by atoms with E-state index in [0.717, 1.165) is 11.5 Å². The summed E-state index contributed by atoms with van der Waals surface area (Å²) in [4.78, 5) is 36.6. The van der Waals surface area contributed by atoms with E-state index in [2.05, 4.69) is 10.6 Å². The van der Waals surface area contributed by atoms with E-state index in [0.29, 0.717) is 5.76 Å². The molecule has 1 fully saturated rings. The largest absolute Gasteiger partial charge is 0.467 e. The fraction of sp³-hybridized carbons (Fsp3) is 0.438. The molecule has 10 heteroatoms. The van der Waals surface area contributed by atoms with Crippen molar-refractivity contribution in [3.8, 4) is 0 Å². The van der Waals surface area contributed by atoms with Gasteiger partial charge < -0.3 is 24.5 Å². The van der Waals surface area contributed by atoms with Crippen molar-refractivity contribution >= 4 is 41.5 Å². The number of amides is 2. The fourth-order valence-electron chi connectivity index (χ4n) is 2.56. The van der Waals surface area contributed by atoms with Gasteiger partial charge >= 0.3 is 18.0 Å². The average molecular weight is 398 g/mol. The number of carbonyl (C=O) groups excluding carboxylic acids is 3. The SMILES string of the molecule is CCOC(=O)C1=C(COC(=O)C2SCCS2)NC(=O)NC1c1ccco1. The summed E-state index contributed by atoms with van der Waals surface area (Å²) in [5.41, 5.74) is 0.343. The molecule has 3 rings (SSSR count). The minimum absolute atomic E-state index is 0.154. The fourth-order valence-corrected chi connectivity index (χ4v) is 5.12. The Balaban J connectivity index is 1.84. The van der Waals surface area contributed by atoms with Crippen LogP contribution in [0, 0.1) is 0 Å². The summed E-state index contributed by atoms with van der Waals surface area (Å²) in [5, 5.41) is 5.17. The highest BCUT2D eigenvalue weighted by molar-refractivity contribution is 8.21. The number of nitrogens with one attached hydrogen (secondary N) is 2. The summed E-state index contributed by atoms with van der Waals surface area (Å²) in [5.74, 6) is 1.17. The number of rotatable bonds is 6. The minimum Gasteiger partial charge on any atom is -0.467 e. The van der Waals surface area contributed by atoms with Gasteiger partial charge in [-0.05, 0) is 19.1 Å². The quantitative estimate of drug-likeness (QED) is 0.699. The highest BCUT2D eigenvalue weighted by atomic mass is 32.2. The first-order valence-corrected chi connectivity index (χ1v) is 10.1. The van der Waals surface area contributed by atoms with Gasteiger partial charge in [0.2, 0.25) is 0 Å². The molecule has 0 radical (unpaired) electrons. The Hall–Kier alpha value is -2.07. The first-order chi connectivity index (χ1) is 12.6. The molecule has 0 aliphatic carbocycles. The van der Waals surface area contributed by atoms with E-state index >= 15 is 0 Å². The van der Waals surface area contributed by atoms with Gasteiger partial charge in [-0.1, -0.05) is 0 Å². The van der Waals surface area contributed by atoms with E-state index in [4.69, 9.17) is 13.9 Å². The molecule has 0 aromatic carbocycles. The van der Waals surface area contributed by atoms with Crippen LogP contribution in [0.1, 0.15) is 18.7 Å². The van der Waals surface area contributed by atoms with Crippen molar-refractivity contribution in [2.24, 2.45) is 0 Å². The molecular formula is C16H18N2O6S2. The van der Waals surface area contributed by atoms with Gasteiger partial charge in [0.05, 0.1) is 24.1 Å². The molecule has 2 N–H and O–H groups in total. The third-order valence-electron chi connectivity index (χ3n) is 3.65. The van der Waals surface area contributed by atoms with Crippen molar-refractivity contribution in [3.63, 3.8) is 0 Å². The smallest absolute Gasteiger partial charge is 0.338 e. The van der Waals surface area contributed by atoms with Crippen molar-refractivity contribution in [1.29, 1.82) is 0 Å². The van der Waals surface area contributed by atoms with Crippen molar-refractivity contribution in [1.82, 2.24) is 10.6 Å². The van der Waals surface area contributed by atoms with Gasteiger partial charge in [-0.3, -0.25) is 0 Å². The first kappa shape index (κ1) is 18.7. The third-order valence-corrected chi connectivity index (χ3v) is 6.59. The third kappa shape index (κ3) is 4.18. The molecule has 8 nitrogen and oxygen atoms in total. The lowest BCUT2D eigenvalue weighted by atomic mass is 10.0. The van der Waals surface area contributed by atoms with Gasteiger partial charge in [-0.15, -0.1) is 23.5 Å². The number of thioether (sulfide) groups is 2. The molecule has 0 bridgehead atoms. The van der Waals surface area contributed by atoms with Crippen molar-refractivity contribution < 1.29 is 28.3 Å². The maximum atomic E-state index is 12.5. The standard InChI is InChI=1S/C16H18N2O6S2/c1-2-22-13(19)11-9(8-24-14(20)15-25-6-7-26-15)17-16(21)18-12(11)10-4-3-5-23-10/h3-5,12,15H,2,6-8H2,1H3,(H2,17,18,21). The normalized spacial score (nSPS) is 20.5. The molecule has 1 aromatic heterocycles. The molecule has 2 aliphatic heterocycles. The zero-order chi connectivity index (χ0) is 18.5. The Bertz CT molecular complexity index is 712. The summed E-state index contributed by atoms with van der Waals surface area (Å²) in [6, 6.07) is 1.96. The Morgan fingerprint density at radius 3 is 2.73 bits per heavy atom. The van der Waals surface area contributed by atoms with E-state index in [1.165, 1.54) is 29.8 Å². The summed E-state index contributed by atoms with van der Waals surface area (Å²) in [6.07, 6.45) is 1.44. The highest BCUT2D eigenvalue weighted by Crippen LogP contribution is 2.33. The maximum absolute atomic E-state index is 12.5. The Morgan fingerprint density at radius 1 is 1.31 bits per heavy atom. The van der Waals surface area contributed by atoms with Crippen LogP contribution in [0.15, 0.2) is 34.1 Å². The Labute approximate surface area is 158 Å². The van der Waals surface area contributed by atoms with Crippen molar-refractivity contribution in [3.05, 3.63) is 35.4 Å². The lowest BCUT2D eigenvalue weighted by Gasteiger charge is -2.27. The molecule has 1 atom stereocenters. The highest BCUT2D eigenvalue weighted by Gasteiger charge is 2.36. The number of hydrogen-bond acceptors (Lipinski definition) is 8. The van der Waals surface area contributed by atoms with Crippen LogP contribution in [-0.4, -0.2) is 47.3 Å². The van der Waals surface area contributed by atoms with Gasteiger partial charge in [0.15, 0.2) is 0 Å². The minimum atomic E-state index is -0.818. The number of esters is 2. The zero-order valence-electron chi connectivity index (χ0n) is 14.0. The van der Waals surface area contributed by atoms with Crippen LogP contribution in [0.5, 0.6) is 0 Å². The van der Waals surface area contributed by atoms with Crippen LogP contribution in [0.25, 0.3) is 0 Å². The van der Waals surface area contributed by atoms with Gasteiger partial charge in [-0.25, -0.2) is 14.4 Å².